The molecule has 1 aliphatic carbocycles. The second-order valence-electron chi connectivity index (χ2n) is 8.45. The first-order valence-electron chi connectivity index (χ1n) is 10.8. The number of rotatable bonds is 8. The van der Waals surface area contributed by atoms with Crippen LogP contribution in [0.25, 0.3) is 0 Å². The highest BCUT2D eigenvalue weighted by Gasteiger charge is 2.29. The molecule has 28 heavy (non-hydrogen) atoms. The zero-order valence-corrected chi connectivity index (χ0v) is 17.1. The molecule has 0 bridgehead atoms. The predicted octanol–water partition coefficient (Wildman–Crippen LogP) is 1.53. The topological polar surface area (TPSA) is 113 Å². The van der Waals surface area contributed by atoms with Gasteiger partial charge in [0.05, 0.1) is 18.6 Å². The molecule has 7 nitrogen and oxygen atoms in total. The lowest BCUT2D eigenvalue weighted by Gasteiger charge is -2.27. The fourth-order valence-corrected chi connectivity index (χ4v) is 4.14. The van der Waals surface area contributed by atoms with Crippen LogP contribution >= 0.6 is 0 Å². The van der Waals surface area contributed by atoms with Gasteiger partial charge in [0.25, 0.3) is 0 Å². The second-order valence-corrected chi connectivity index (χ2v) is 8.45. The van der Waals surface area contributed by atoms with E-state index in [2.05, 4.69) is 5.32 Å². The number of likely N-dealkylation sites (tertiary alicyclic amines) is 1. The van der Waals surface area contributed by atoms with Crippen LogP contribution in [0.2, 0.25) is 0 Å². The Morgan fingerprint density at radius 2 is 1.89 bits per heavy atom. The lowest BCUT2D eigenvalue weighted by molar-refractivity contribution is -0.132. The maximum atomic E-state index is 12.6. The van der Waals surface area contributed by atoms with Crippen LogP contribution in [0.1, 0.15) is 71.1 Å². The van der Waals surface area contributed by atoms with E-state index >= 15 is 0 Å². The third-order valence-electron chi connectivity index (χ3n) is 6.13. The number of hydrogen-bond acceptors (Lipinski definition) is 4. The van der Waals surface area contributed by atoms with Gasteiger partial charge in [-0.25, -0.2) is 0 Å². The van der Waals surface area contributed by atoms with Crippen molar-refractivity contribution < 1.29 is 19.5 Å². The molecule has 3 atom stereocenters. The fourth-order valence-electron chi connectivity index (χ4n) is 4.14. The van der Waals surface area contributed by atoms with Gasteiger partial charge in [-0.15, -0.1) is 0 Å². The van der Waals surface area contributed by atoms with Crippen LogP contribution in [0.5, 0.6) is 0 Å². The van der Waals surface area contributed by atoms with Crippen molar-refractivity contribution in [3.8, 4) is 0 Å². The summed E-state index contributed by atoms with van der Waals surface area (Å²) in [7, 11) is 0. The average molecular weight is 395 g/mol. The van der Waals surface area contributed by atoms with Gasteiger partial charge in [-0.1, -0.05) is 39.0 Å². The molecule has 1 aliphatic heterocycles. The normalized spacial score (nSPS) is 25.0. The van der Waals surface area contributed by atoms with E-state index in [4.69, 9.17) is 5.73 Å². The first-order chi connectivity index (χ1) is 13.4. The summed E-state index contributed by atoms with van der Waals surface area (Å²) in [5.41, 5.74) is 5.20. The Morgan fingerprint density at radius 1 is 1.18 bits per heavy atom. The first kappa shape index (κ1) is 22.7. The Balaban J connectivity index is 1.75. The third kappa shape index (κ3) is 7.41. The molecule has 2 fully saturated rings. The molecular weight excluding hydrogens is 358 g/mol. The van der Waals surface area contributed by atoms with E-state index < -0.39 is 17.9 Å². The van der Waals surface area contributed by atoms with Crippen molar-refractivity contribution in [1.29, 1.82) is 0 Å². The van der Waals surface area contributed by atoms with Gasteiger partial charge >= 0.3 is 0 Å². The molecule has 2 unspecified atom stereocenters. The minimum absolute atomic E-state index is 0.110. The number of nitrogens with two attached hydrogens (primary N) is 1. The van der Waals surface area contributed by atoms with Gasteiger partial charge in [0.1, 0.15) is 0 Å². The Kier molecular flexibility index (Phi) is 9.22. The van der Waals surface area contributed by atoms with Gasteiger partial charge in [-0.05, 0) is 31.6 Å². The third-order valence-corrected chi connectivity index (χ3v) is 6.13. The Morgan fingerprint density at radius 3 is 2.57 bits per heavy atom. The van der Waals surface area contributed by atoms with Crippen molar-refractivity contribution >= 4 is 17.7 Å². The summed E-state index contributed by atoms with van der Waals surface area (Å²) in [5.74, 6) is -0.379. The number of nitrogens with zero attached hydrogens (tertiary/aromatic N) is 1. The number of hydrogen-bond donors (Lipinski definition) is 3. The number of primary amides is 1. The van der Waals surface area contributed by atoms with Crippen LogP contribution in [0.15, 0.2) is 0 Å². The average Bonchev–Trinajstić information content (AvgIpc) is 2.86. The largest absolute Gasteiger partial charge is 0.389 e. The van der Waals surface area contributed by atoms with Gasteiger partial charge < -0.3 is 21.1 Å². The van der Waals surface area contributed by atoms with Crippen LogP contribution in [0, 0.1) is 18.3 Å². The standard InChI is InChI=1S/C21H36N3O4/c1-15(21(22)28)9-11-19(26)23-17-8-5-13-24(14-18(17)25)20(27)12-10-16-6-3-2-4-7-16/h11,15-18,25H,2-10,12-14H2,1H3,(H2,22,28)(H,23,26)/t15?,17?,18-/m0/s1. The second kappa shape index (κ2) is 11.4. The highest BCUT2D eigenvalue weighted by atomic mass is 16.3. The minimum atomic E-state index is -0.785. The van der Waals surface area contributed by atoms with Crippen molar-refractivity contribution in [3.63, 3.8) is 0 Å². The van der Waals surface area contributed by atoms with Crippen molar-refractivity contribution in [1.82, 2.24) is 10.2 Å². The zero-order valence-electron chi connectivity index (χ0n) is 17.1. The molecule has 1 heterocycles. The molecule has 3 amide bonds. The molecule has 0 aromatic carbocycles. The molecule has 2 rings (SSSR count). The maximum absolute atomic E-state index is 12.6. The van der Waals surface area contributed by atoms with Crippen molar-refractivity contribution in [2.45, 2.75) is 83.3 Å². The monoisotopic (exact) mass is 394 g/mol. The van der Waals surface area contributed by atoms with E-state index in [1.54, 1.807) is 11.8 Å². The number of aliphatic hydroxyl groups excluding tert-OH is 1. The summed E-state index contributed by atoms with van der Waals surface area (Å²) in [6.45, 7) is 2.55. The fraction of sp³-hybridized carbons (Fsp3) is 0.810. The quantitative estimate of drug-likeness (QED) is 0.579. The van der Waals surface area contributed by atoms with Gasteiger partial charge in [0.15, 0.2) is 0 Å². The lowest BCUT2D eigenvalue weighted by atomic mass is 9.86. The summed E-state index contributed by atoms with van der Waals surface area (Å²) in [4.78, 5) is 37.5. The molecule has 7 heteroatoms. The Bertz CT molecular complexity index is 534. The summed E-state index contributed by atoms with van der Waals surface area (Å²) < 4.78 is 0. The molecule has 159 valence electrons. The summed E-state index contributed by atoms with van der Waals surface area (Å²) in [6, 6.07) is -0.385. The number of amides is 3. The van der Waals surface area contributed by atoms with Gasteiger partial charge in [0, 0.05) is 25.4 Å². The summed E-state index contributed by atoms with van der Waals surface area (Å²) in [6.07, 6.45) is 10.1. The SMILES string of the molecule is CC(C[CH]C(=O)NC1CCCN(C(=O)CCC2CCCCC2)C[C@@H]1O)C(N)=O. The summed E-state index contributed by atoms with van der Waals surface area (Å²) in [5, 5.41) is 13.3. The Hall–Kier alpha value is -1.63. The van der Waals surface area contributed by atoms with E-state index in [-0.39, 0.29) is 30.8 Å². The van der Waals surface area contributed by atoms with Crippen LogP contribution in [-0.2, 0) is 14.4 Å². The van der Waals surface area contributed by atoms with Gasteiger partial charge in [0.2, 0.25) is 17.7 Å². The number of β-amino-alcohol motifs (C(OH)–C–C–N with tert-alkyl or cyclic N) is 1. The Labute approximate surface area is 168 Å². The van der Waals surface area contributed by atoms with Crippen LogP contribution < -0.4 is 11.1 Å². The predicted molar refractivity (Wildman–Crippen MR) is 107 cm³/mol. The molecule has 2 aliphatic rings. The molecule has 1 radical (unpaired) electrons. The lowest BCUT2D eigenvalue weighted by Crippen LogP contribution is -2.47. The van der Waals surface area contributed by atoms with E-state index in [1.165, 1.54) is 38.5 Å². The number of aliphatic hydroxyl groups is 1. The van der Waals surface area contributed by atoms with Crippen molar-refractivity contribution in [3.05, 3.63) is 6.42 Å². The van der Waals surface area contributed by atoms with Crippen molar-refractivity contribution in [2.75, 3.05) is 13.1 Å². The smallest absolute Gasteiger partial charge is 0.224 e. The van der Waals surface area contributed by atoms with E-state index in [9.17, 15) is 19.5 Å². The molecular formula is C21H36N3O4. The minimum Gasteiger partial charge on any atom is -0.389 e. The number of carbonyl (C=O) groups is 3. The van der Waals surface area contributed by atoms with Crippen LogP contribution in [0.4, 0.5) is 0 Å². The van der Waals surface area contributed by atoms with E-state index in [0.29, 0.717) is 25.3 Å². The highest BCUT2D eigenvalue weighted by molar-refractivity contribution is 5.86. The zero-order chi connectivity index (χ0) is 20.5. The van der Waals surface area contributed by atoms with Gasteiger partial charge in [-0.2, -0.15) is 0 Å². The first-order valence-corrected chi connectivity index (χ1v) is 10.8. The molecule has 1 saturated carbocycles. The molecule has 0 spiro atoms. The summed E-state index contributed by atoms with van der Waals surface area (Å²) >= 11 is 0. The highest BCUT2D eigenvalue weighted by Crippen LogP contribution is 2.27. The van der Waals surface area contributed by atoms with Crippen LogP contribution in [-0.4, -0.2) is 53.0 Å². The maximum Gasteiger partial charge on any atom is 0.224 e. The number of carbonyl (C=O) groups excluding carboxylic acids is 3. The van der Waals surface area contributed by atoms with Crippen LogP contribution in [0.3, 0.4) is 0 Å². The molecule has 1 saturated heterocycles. The molecule has 0 aromatic heterocycles. The van der Waals surface area contributed by atoms with Crippen molar-refractivity contribution in [2.24, 2.45) is 17.6 Å². The molecule has 4 N–H and O–H groups in total. The van der Waals surface area contributed by atoms with E-state index in [0.717, 1.165) is 12.8 Å². The number of nitrogens with one attached hydrogen (secondary N) is 1. The van der Waals surface area contributed by atoms with Gasteiger partial charge in [-0.3, -0.25) is 14.4 Å². The van der Waals surface area contributed by atoms with E-state index in [1.807, 2.05) is 0 Å². The molecule has 0 aromatic rings.